The molecule has 3 aromatic heterocycles. The molecule has 142 valence electrons. The molecule has 2 aromatic carbocycles. The van der Waals surface area contributed by atoms with Crippen molar-refractivity contribution in [2.45, 2.75) is 26.2 Å². The second kappa shape index (κ2) is 6.78. The van der Waals surface area contributed by atoms with Crippen LogP contribution in [0, 0.1) is 0 Å². The van der Waals surface area contributed by atoms with Crippen LogP contribution in [0.15, 0.2) is 78.3 Å². The Bertz CT molecular complexity index is 1340. The monoisotopic (exact) mass is 394 g/mol. The molecule has 0 bridgehead atoms. The number of fused-ring (bicyclic) bond motifs is 2. The summed E-state index contributed by atoms with van der Waals surface area (Å²) in [6, 6.07) is 23.7. The molecule has 0 aliphatic heterocycles. The van der Waals surface area contributed by atoms with Gasteiger partial charge in [0.25, 0.3) is 0 Å². The van der Waals surface area contributed by atoms with E-state index >= 15 is 0 Å². The van der Waals surface area contributed by atoms with E-state index in [0.29, 0.717) is 0 Å². The van der Waals surface area contributed by atoms with Gasteiger partial charge >= 0.3 is 0 Å². The Balaban J connectivity index is 1.66. The van der Waals surface area contributed by atoms with Crippen molar-refractivity contribution in [3.05, 3.63) is 83.9 Å². The summed E-state index contributed by atoms with van der Waals surface area (Å²) in [5.74, 6) is 0. The molecule has 0 N–H and O–H groups in total. The van der Waals surface area contributed by atoms with Crippen LogP contribution in [-0.2, 0) is 5.41 Å². The largest absolute Gasteiger partial charge is 0.256 e. The highest BCUT2D eigenvalue weighted by Crippen LogP contribution is 2.35. The van der Waals surface area contributed by atoms with Crippen LogP contribution in [0.2, 0.25) is 0 Å². The fourth-order valence-corrected chi connectivity index (χ4v) is 4.60. The SMILES string of the molecule is CC(C)(C)c1cc(-c2cc(-c3ccc4ccsc4n3)ccn2)cc2ccccc12. The summed E-state index contributed by atoms with van der Waals surface area (Å²) in [6.45, 7) is 6.80. The van der Waals surface area contributed by atoms with Crippen LogP contribution < -0.4 is 0 Å². The van der Waals surface area contributed by atoms with Gasteiger partial charge in [0, 0.05) is 22.7 Å². The predicted octanol–water partition coefficient (Wildman–Crippen LogP) is 7.48. The number of nitrogens with zero attached hydrogens (tertiary/aromatic N) is 2. The number of thiophene rings is 1. The standard InChI is InChI=1S/C26H22N2S/c1-26(2,3)22-15-20(14-18-6-4-5-7-21(18)22)24-16-19(10-12-27-24)23-9-8-17-11-13-29-25(17)28-23/h4-16H,1-3H3. The summed E-state index contributed by atoms with van der Waals surface area (Å²) in [6.07, 6.45) is 1.89. The lowest BCUT2D eigenvalue weighted by Crippen LogP contribution is -2.12. The molecule has 0 aliphatic rings. The minimum absolute atomic E-state index is 0.0546. The van der Waals surface area contributed by atoms with Crippen LogP contribution in [0.3, 0.4) is 0 Å². The van der Waals surface area contributed by atoms with E-state index in [-0.39, 0.29) is 5.41 Å². The van der Waals surface area contributed by atoms with Gasteiger partial charge in [-0.1, -0.05) is 45.0 Å². The first kappa shape index (κ1) is 18.0. The van der Waals surface area contributed by atoms with Crippen molar-refractivity contribution in [2.75, 3.05) is 0 Å². The van der Waals surface area contributed by atoms with Gasteiger partial charge in [-0.3, -0.25) is 4.98 Å². The van der Waals surface area contributed by atoms with Gasteiger partial charge in [-0.15, -0.1) is 11.3 Å². The first-order valence-electron chi connectivity index (χ1n) is 9.83. The zero-order chi connectivity index (χ0) is 20.0. The maximum absolute atomic E-state index is 4.84. The van der Waals surface area contributed by atoms with Crippen molar-refractivity contribution in [1.82, 2.24) is 9.97 Å². The Morgan fingerprint density at radius 2 is 1.62 bits per heavy atom. The van der Waals surface area contributed by atoms with Crippen molar-refractivity contribution in [1.29, 1.82) is 0 Å². The van der Waals surface area contributed by atoms with Crippen molar-refractivity contribution >= 4 is 32.3 Å². The molecule has 0 saturated heterocycles. The number of hydrogen-bond donors (Lipinski definition) is 0. The van der Waals surface area contributed by atoms with E-state index in [9.17, 15) is 0 Å². The highest BCUT2D eigenvalue weighted by atomic mass is 32.1. The Morgan fingerprint density at radius 1 is 0.759 bits per heavy atom. The molecule has 3 heteroatoms. The highest BCUT2D eigenvalue weighted by Gasteiger charge is 2.18. The summed E-state index contributed by atoms with van der Waals surface area (Å²) in [7, 11) is 0. The molecule has 0 radical (unpaired) electrons. The first-order chi connectivity index (χ1) is 14.0. The van der Waals surface area contributed by atoms with Gasteiger partial charge in [0.2, 0.25) is 0 Å². The van der Waals surface area contributed by atoms with E-state index in [1.165, 1.54) is 21.7 Å². The third-order valence-corrected chi connectivity index (χ3v) is 6.16. The number of aromatic nitrogens is 2. The van der Waals surface area contributed by atoms with Crippen LogP contribution in [-0.4, -0.2) is 9.97 Å². The quantitative estimate of drug-likeness (QED) is 0.310. The van der Waals surface area contributed by atoms with Crippen molar-refractivity contribution in [3.63, 3.8) is 0 Å². The summed E-state index contributed by atoms with van der Waals surface area (Å²) < 4.78 is 0. The zero-order valence-corrected chi connectivity index (χ0v) is 17.6. The molecule has 5 rings (SSSR count). The van der Waals surface area contributed by atoms with Crippen molar-refractivity contribution in [3.8, 4) is 22.5 Å². The average Bonchev–Trinajstić information content (AvgIpc) is 3.20. The molecule has 5 aromatic rings. The molecule has 0 aliphatic carbocycles. The molecule has 2 nitrogen and oxygen atoms in total. The normalized spacial score (nSPS) is 12.0. The van der Waals surface area contributed by atoms with Crippen LogP contribution >= 0.6 is 11.3 Å². The summed E-state index contributed by atoms with van der Waals surface area (Å²) in [5, 5.41) is 5.84. The number of hydrogen-bond acceptors (Lipinski definition) is 3. The smallest absolute Gasteiger partial charge is 0.123 e. The predicted molar refractivity (Wildman–Crippen MR) is 124 cm³/mol. The lowest BCUT2D eigenvalue weighted by atomic mass is 9.82. The van der Waals surface area contributed by atoms with E-state index in [4.69, 9.17) is 9.97 Å². The van der Waals surface area contributed by atoms with Gasteiger partial charge < -0.3 is 0 Å². The molecule has 0 unspecified atom stereocenters. The molecule has 0 fully saturated rings. The van der Waals surface area contributed by atoms with E-state index in [1.54, 1.807) is 11.3 Å². The molecule has 0 atom stereocenters. The molecule has 29 heavy (non-hydrogen) atoms. The molecular weight excluding hydrogens is 372 g/mol. The average molecular weight is 395 g/mol. The summed E-state index contributed by atoms with van der Waals surface area (Å²) >= 11 is 1.68. The van der Waals surface area contributed by atoms with Crippen LogP contribution in [0.1, 0.15) is 26.3 Å². The van der Waals surface area contributed by atoms with Crippen LogP contribution in [0.25, 0.3) is 43.5 Å². The number of pyridine rings is 2. The maximum Gasteiger partial charge on any atom is 0.123 e. The van der Waals surface area contributed by atoms with E-state index < -0.39 is 0 Å². The molecular formula is C26H22N2S. The van der Waals surface area contributed by atoms with Gasteiger partial charge in [0.15, 0.2) is 0 Å². The van der Waals surface area contributed by atoms with Gasteiger partial charge in [-0.05, 0) is 69.6 Å². The third-order valence-electron chi connectivity index (χ3n) is 5.34. The Hall–Kier alpha value is -3.04. The van der Waals surface area contributed by atoms with Gasteiger partial charge in [0.05, 0.1) is 11.4 Å². The lowest BCUT2D eigenvalue weighted by molar-refractivity contribution is 0.596. The fourth-order valence-electron chi connectivity index (χ4n) is 3.83. The zero-order valence-electron chi connectivity index (χ0n) is 16.8. The van der Waals surface area contributed by atoms with Gasteiger partial charge in [-0.2, -0.15) is 0 Å². The van der Waals surface area contributed by atoms with Crippen molar-refractivity contribution < 1.29 is 0 Å². The Kier molecular flexibility index (Phi) is 4.21. The minimum atomic E-state index is 0.0546. The number of benzene rings is 2. The van der Waals surface area contributed by atoms with E-state index in [0.717, 1.165) is 27.3 Å². The second-order valence-electron chi connectivity index (χ2n) is 8.44. The maximum atomic E-state index is 4.84. The molecule has 0 saturated carbocycles. The van der Waals surface area contributed by atoms with Crippen molar-refractivity contribution in [2.24, 2.45) is 0 Å². The van der Waals surface area contributed by atoms with E-state index in [2.05, 4.69) is 86.8 Å². The Labute approximate surface area is 174 Å². The fraction of sp³-hybridized carbons (Fsp3) is 0.154. The van der Waals surface area contributed by atoms with Crippen LogP contribution in [0.4, 0.5) is 0 Å². The molecule has 3 heterocycles. The third kappa shape index (κ3) is 3.32. The van der Waals surface area contributed by atoms with E-state index in [1.807, 2.05) is 12.3 Å². The topological polar surface area (TPSA) is 25.8 Å². The minimum Gasteiger partial charge on any atom is -0.256 e. The summed E-state index contributed by atoms with van der Waals surface area (Å²) in [4.78, 5) is 10.6. The first-order valence-corrected chi connectivity index (χ1v) is 10.7. The number of rotatable bonds is 2. The summed E-state index contributed by atoms with van der Waals surface area (Å²) in [5.41, 5.74) is 5.60. The van der Waals surface area contributed by atoms with Gasteiger partial charge in [-0.25, -0.2) is 4.98 Å². The Morgan fingerprint density at radius 3 is 2.48 bits per heavy atom. The second-order valence-corrected chi connectivity index (χ2v) is 9.33. The lowest BCUT2D eigenvalue weighted by Gasteiger charge is -2.22. The van der Waals surface area contributed by atoms with Gasteiger partial charge in [0.1, 0.15) is 4.83 Å². The molecule has 0 amide bonds. The van der Waals surface area contributed by atoms with Crippen LogP contribution in [0.5, 0.6) is 0 Å². The molecule has 0 spiro atoms. The highest BCUT2D eigenvalue weighted by molar-refractivity contribution is 7.16.